The molecule has 0 saturated heterocycles. The number of rotatable bonds is 6. The smallest absolute Gasteiger partial charge is 0.225 e. The molecule has 1 aliphatic heterocycles. The van der Waals surface area contributed by atoms with Gasteiger partial charge in [0.25, 0.3) is 0 Å². The van der Waals surface area contributed by atoms with Crippen LogP contribution in [-0.4, -0.2) is 45.9 Å². The number of aliphatic hydroxyl groups is 1. The number of amides is 1. The van der Waals surface area contributed by atoms with E-state index in [2.05, 4.69) is 14.9 Å². The normalized spacial score (nSPS) is 23.3. The summed E-state index contributed by atoms with van der Waals surface area (Å²) in [6.45, 7) is 1.64. The Morgan fingerprint density at radius 2 is 2.26 bits per heavy atom. The Balaban J connectivity index is 1.54. The first-order valence-corrected chi connectivity index (χ1v) is 8.74. The molecule has 6 heteroatoms. The molecule has 3 rings (SSSR count). The lowest BCUT2D eigenvalue weighted by Crippen LogP contribution is -2.48. The van der Waals surface area contributed by atoms with Crippen molar-refractivity contribution in [3.8, 4) is 0 Å². The molecular weight excluding hydrogens is 294 g/mol. The summed E-state index contributed by atoms with van der Waals surface area (Å²) in [6.07, 6.45) is 10.9. The third-order valence-corrected chi connectivity index (χ3v) is 5.18. The van der Waals surface area contributed by atoms with Gasteiger partial charge in [0, 0.05) is 25.0 Å². The van der Waals surface area contributed by atoms with E-state index in [4.69, 9.17) is 9.84 Å². The third kappa shape index (κ3) is 3.93. The highest BCUT2D eigenvalue weighted by Gasteiger charge is 2.34. The minimum absolute atomic E-state index is 0.00943. The predicted molar refractivity (Wildman–Crippen MR) is 85.9 cm³/mol. The molecule has 1 aromatic heterocycles. The predicted octanol–water partition coefficient (Wildman–Crippen LogP) is 1.27. The number of nitrogens with zero attached hydrogens (tertiary/aromatic N) is 2. The van der Waals surface area contributed by atoms with Crippen LogP contribution in [0, 0.1) is 5.92 Å². The Kier molecular flexibility index (Phi) is 5.33. The maximum absolute atomic E-state index is 12.5. The van der Waals surface area contributed by atoms with Crippen LogP contribution in [0.1, 0.15) is 44.2 Å². The Morgan fingerprint density at radius 1 is 1.43 bits per heavy atom. The van der Waals surface area contributed by atoms with Crippen molar-refractivity contribution in [1.29, 1.82) is 0 Å². The molecule has 0 spiro atoms. The number of nitrogens with one attached hydrogen (secondary N) is 1. The Labute approximate surface area is 137 Å². The minimum atomic E-state index is -0.286. The maximum atomic E-state index is 12.5. The van der Waals surface area contributed by atoms with Gasteiger partial charge in [-0.05, 0) is 25.7 Å². The van der Waals surface area contributed by atoms with Crippen molar-refractivity contribution in [2.75, 3.05) is 19.8 Å². The SMILES string of the molecule is O=C(NCC1(OCCO)CCCCC1)C1CCc2cncn2C1. The fourth-order valence-electron chi connectivity index (χ4n) is 3.81. The van der Waals surface area contributed by atoms with Crippen molar-refractivity contribution in [2.24, 2.45) is 5.92 Å². The molecule has 1 amide bonds. The molecule has 0 aromatic carbocycles. The van der Waals surface area contributed by atoms with E-state index in [1.807, 2.05) is 12.5 Å². The first-order valence-electron chi connectivity index (χ1n) is 8.74. The largest absolute Gasteiger partial charge is 0.394 e. The average molecular weight is 321 g/mol. The van der Waals surface area contributed by atoms with Crippen molar-refractivity contribution in [2.45, 2.75) is 57.1 Å². The number of carbonyl (C=O) groups is 1. The average Bonchev–Trinajstić information content (AvgIpc) is 3.06. The molecule has 1 aliphatic carbocycles. The molecule has 2 N–H and O–H groups in total. The van der Waals surface area contributed by atoms with Crippen LogP contribution in [0.25, 0.3) is 0 Å². The van der Waals surface area contributed by atoms with E-state index in [1.165, 1.54) is 12.1 Å². The van der Waals surface area contributed by atoms with Crippen LogP contribution in [-0.2, 0) is 22.5 Å². The van der Waals surface area contributed by atoms with Crippen LogP contribution in [0.2, 0.25) is 0 Å². The number of carbonyl (C=O) groups excluding carboxylic acids is 1. The summed E-state index contributed by atoms with van der Waals surface area (Å²) >= 11 is 0. The summed E-state index contributed by atoms with van der Waals surface area (Å²) in [5, 5.41) is 12.2. The molecule has 0 bridgehead atoms. The van der Waals surface area contributed by atoms with Crippen LogP contribution >= 0.6 is 0 Å². The van der Waals surface area contributed by atoms with Gasteiger partial charge in [0.05, 0.1) is 31.1 Å². The van der Waals surface area contributed by atoms with Crippen molar-refractivity contribution in [3.63, 3.8) is 0 Å². The van der Waals surface area contributed by atoms with Crippen LogP contribution in [0.15, 0.2) is 12.5 Å². The molecular formula is C17H27N3O3. The second-order valence-electron chi connectivity index (χ2n) is 6.81. The topological polar surface area (TPSA) is 76.4 Å². The highest BCUT2D eigenvalue weighted by molar-refractivity contribution is 5.78. The van der Waals surface area contributed by atoms with Gasteiger partial charge in [0.1, 0.15) is 0 Å². The maximum Gasteiger partial charge on any atom is 0.225 e. The molecule has 1 unspecified atom stereocenters. The number of hydrogen-bond donors (Lipinski definition) is 2. The summed E-state index contributed by atoms with van der Waals surface area (Å²) < 4.78 is 8.00. The minimum Gasteiger partial charge on any atom is -0.394 e. The first-order chi connectivity index (χ1) is 11.2. The number of hydrogen-bond acceptors (Lipinski definition) is 4. The van der Waals surface area contributed by atoms with Crippen molar-refractivity contribution in [1.82, 2.24) is 14.9 Å². The van der Waals surface area contributed by atoms with Crippen LogP contribution in [0.3, 0.4) is 0 Å². The zero-order chi connectivity index (χ0) is 16.1. The molecule has 2 heterocycles. The second kappa shape index (κ2) is 7.45. The van der Waals surface area contributed by atoms with E-state index in [1.54, 1.807) is 0 Å². The lowest BCUT2D eigenvalue weighted by molar-refractivity contribution is -0.129. The molecule has 23 heavy (non-hydrogen) atoms. The van der Waals surface area contributed by atoms with E-state index in [0.29, 0.717) is 19.7 Å². The van der Waals surface area contributed by atoms with E-state index in [-0.39, 0.29) is 24.0 Å². The molecule has 1 fully saturated rings. The fourth-order valence-corrected chi connectivity index (χ4v) is 3.81. The molecule has 128 valence electrons. The van der Waals surface area contributed by atoms with Crippen LogP contribution in [0.4, 0.5) is 0 Å². The molecule has 2 aliphatic rings. The van der Waals surface area contributed by atoms with Gasteiger partial charge in [-0.2, -0.15) is 0 Å². The number of fused-ring (bicyclic) bond motifs is 1. The number of aryl methyl sites for hydroxylation is 1. The second-order valence-corrected chi connectivity index (χ2v) is 6.81. The van der Waals surface area contributed by atoms with E-state index in [0.717, 1.165) is 38.5 Å². The molecule has 0 radical (unpaired) electrons. The van der Waals surface area contributed by atoms with Gasteiger partial charge in [-0.3, -0.25) is 4.79 Å². The van der Waals surface area contributed by atoms with Gasteiger partial charge in [-0.25, -0.2) is 4.98 Å². The molecule has 1 saturated carbocycles. The molecule has 1 atom stereocenters. The van der Waals surface area contributed by atoms with Gasteiger partial charge >= 0.3 is 0 Å². The number of ether oxygens (including phenoxy) is 1. The third-order valence-electron chi connectivity index (χ3n) is 5.18. The number of aliphatic hydroxyl groups excluding tert-OH is 1. The van der Waals surface area contributed by atoms with Crippen molar-refractivity contribution >= 4 is 5.91 Å². The van der Waals surface area contributed by atoms with Crippen LogP contribution < -0.4 is 5.32 Å². The quantitative estimate of drug-likeness (QED) is 0.827. The van der Waals surface area contributed by atoms with Gasteiger partial charge in [0.15, 0.2) is 0 Å². The summed E-state index contributed by atoms with van der Waals surface area (Å²) in [6, 6.07) is 0. The summed E-state index contributed by atoms with van der Waals surface area (Å²) in [5.74, 6) is 0.122. The number of imidazole rings is 1. The van der Waals surface area contributed by atoms with Gasteiger partial charge in [-0.1, -0.05) is 19.3 Å². The number of aromatic nitrogens is 2. The lowest BCUT2D eigenvalue weighted by atomic mass is 9.84. The van der Waals surface area contributed by atoms with E-state index < -0.39 is 0 Å². The zero-order valence-corrected chi connectivity index (χ0v) is 13.7. The summed E-state index contributed by atoms with van der Waals surface area (Å²) in [5.41, 5.74) is 0.926. The monoisotopic (exact) mass is 321 g/mol. The Hall–Kier alpha value is -1.40. The highest BCUT2D eigenvalue weighted by atomic mass is 16.5. The Morgan fingerprint density at radius 3 is 3.04 bits per heavy atom. The van der Waals surface area contributed by atoms with E-state index >= 15 is 0 Å². The van der Waals surface area contributed by atoms with Crippen LogP contribution in [0.5, 0.6) is 0 Å². The summed E-state index contributed by atoms with van der Waals surface area (Å²) in [7, 11) is 0. The highest BCUT2D eigenvalue weighted by Crippen LogP contribution is 2.31. The molecule has 6 nitrogen and oxygen atoms in total. The zero-order valence-electron chi connectivity index (χ0n) is 13.7. The fraction of sp³-hybridized carbons (Fsp3) is 0.765. The van der Waals surface area contributed by atoms with Gasteiger partial charge < -0.3 is 19.7 Å². The Bertz CT molecular complexity index is 523. The van der Waals surface area contributed by atoms with E-state index in [9.17, 15) is 4.79 Å². The van der Waals surface area contributed by atoms with Crippen molar-refractivity contribution in [3.05, 3.63) is 18.2 Å². The van der Waals surface area contributed by atoms with Crippen molar-refractivity contribution < 1.29 is 14.6 Å². The van der Waals surface area contributed by atoms with Gasteiger partial charge in [0.2, 0.25) is 5.91 Å². The standard InChI is InChI=1S/C17H27N3O3/c21-8-9-23-17(6-2-1-3-7-17)12-19-16(22)14-4-5-15-10-18-13-20(15)11-14/h10,13-14,21H,1-9,11-12H2,(H,19,22). The molecule has 1 aromatic rings. The lowest BCUT2D eigenvalue weighted by Gasteiger charge is -2.37. The summed E-state index contributed by atoms with van der Waals surface area (Å²) in [4.78, 5) is 16.7. The van der Waals surface area contributed by atoms with Gasteiger partial charge in [-0.15, -0.1) is 0 Å². The first kappa shape index (κ1) is 16.5.